The van der Waals surface area contributed by atoms with Crippen molar-refractivity contribution in [3.05, 3.63) is 393 Å². The summed E-state index contributed by atoms with van der Waals surface area (Å²) in [4.78, 5) is 31.2. The third-order valence-corrected chi connectivity index (χ3v) is 26.3. The molecule has 0 saturated carbocycles. The van der Waals surface area contributed by atoms with Crippen LogP contribution in [-0.2, 0) is 5.41 Å². The normalized spacial score (nSPS) is 12.6. The number of thiophene rings is 1. The van der Waals surface area contributed by atoms with E-state index in [1.165, 1.54) is 107 Å². The molecule has 8 heterocycles. The van der Waals surface area contributed by atoms with Crippen molar-refractivity contribution in [3.8, 4) is 62.7 Å². The molecular formula is C111H69N9OS. The van der Waals surface area contributed by atoms with Crippen molar-refractivity contribution >= 4 is 184 Å². The first-order valence-corrected chi connectivity index (χ1v) is 42.2. The van der Waals surface area contributed by atoms with Crippen molar-refractivity contribution in [1.82, 2.24) is 43.6 Å². The minimum absolute atomic E-state index is 0.0361. The molecule has 18 aromatic carbocycles. The van der Waals surface area contributed by atoms with Crippen LogP contribution in [0.2, 0.25) is 0 Å². The summed E-state index contributed by atoms with van der Waals surface area (Å²) >= 11 is 1.83. The van der Waals surface area contributed by atoms with Gasteiger partial charge in [0.15, 0.2) is 17.5 Å². The highest BCUT2D eigenvalue weighted by atomic mass is 32.1. The van der Waals surface area contributed by atoms with Gasteiger partial charge in [-0.05, 0) is 200 Å². The Morgan fingerprint density at radius 3 is 1.07 bits per heavy atom. The number of hydrogen-bond donors (Lipinski definition) is 0. The summed E-state index contributed by atoms with van der Waals surface area (Å²) < 4.78 is 15.6. The highest BCUT2D eigenvalue weighted by Crippen LogP contribution is 2.51. The zero-order valence-electron chi connectivity index (χ0n) is 66.2. The molecule has 0 aliphatic heterocycles. The standard InChI is InChI=1S/C39H27N3.C36H21N3O.C36H21N3S/c1-39(2)32-16-8-5-13-27(32)30-22-26(19-20-33(30)39)37-40-34-17-9-6-15-29(34)38(41-37)42-35-18-10-7-14-28(35)31-21-24-11-3-4-12-25(24)23-36(31)42;2*1-2-10-23-21-32-28(19-22(23)9-1)25-11-4-7-15-31(25)39(32)36-27-13-3-6-14-30(27)37-35(38-36)24-17-18-34-29(20-24)26-12-5-8-16-33(26)40-34/h3-23H,1-2H3;2*1-21H. The Morgan fingerprint density at radius 2 is 0.574 bits per heavy atom. The third-order valence-electron chi connectivity index (χ3n) is 25.1. The molecule has 1 aliphatic carbocycles. The molecule has 26 aromatic rings. The van der Waals surface area contributed by atoms with Crippen LogP contribution in [0, 0.1) is 0 Å². The van der Waals surface area contributed by atoms with Gasteiger partial charge < -0.3 is 4.42 Å². The van der Waals surface area contributed by atoms with Crippen LogP contribution in [0.15, 0.2) is 387 Å². The van der Waals surface area contributed by atoms with Crippen LogP contribution in [0.1, 0.15) is 25.0 Å². The molecule has 8 aromatic heterocycles. The van der Waals surface area contributed by atoms with Gasteiger partial charge in [-0.1, -0.05) is 250 Å². The summed E-state index contributed by atoms with van der Waals surface area (Å²) in [5.41, 5.74) is 19.6. The molecule has 0 saturated heterocycles. The largest absolute Gasteiger partial charge is 0.456 e. The first-order chi connectivity index (χ1) is 60.2. The number of para-hydroxylation sites is 7. The zero-order valence-corrected chi connectivity index (χ0v) is 67.0. The van der Waals surface area contributed by atoms with Crippen LogP contribution in [0.25, 0.3) is 235 Å². The lowest BCUT2D eigenvalue weighted by atomic mass is 9.82. The summed E-state index contributed by atoms with van der Waals surface area (Å²) in [5.74, 6) is 4.83. The maximum Gasteiger partial charge on any atom is 0.162 e. The van der Waals surface area contributed by atoms with Gasteiger partial charge in [0.05, 0.1) is 49.7 Å². The molecule has 0 N–H and O–H groups in total. The number of rotatable bonds is 6. The SMILES string of the molecule is CC1(C)c2ccccc2-c2cc(-c3nc(-n4c5ccccc5c5cc6ccccc6cc54)c4ccccc4n3)ccc21.c1ccc2cc3c(cc2c1)c1ccccc1n3-c1nc(-c2ccc3oc4ccccc4c3c2)nc2ccccc12.c1ccc2cc3c(cc2c1)c1ccccc1n3-c1nc(-c2ccc3sc4ccccc4c3c2)nc2ccccc12. The average Bonchev–Trinajstić information content (AvgIpc) is 1.58. The summed E-state index contributed by atoms with van der Waals surface area (Å²) in [5, 5.41) is 22.4. The van der Waals surface area contributed by atoms with Gasteiger partial charge in [-0.25, -0.2) is 29.9 Å². The lowest BCUT2D eigenvalue weighted by Gasteiger charge is -2.21. The predicted octanol–water partition coefficient (Wildman–Crippen LogP) is 29.2. The van der Waals surface area contributed by atoms with E-state index in [9.17, 15) is 0 Å². The molecule has 0 bridgehead atoms. The van der Waals surface area contributed by atoms with Crippen molar-refractivity contribution in [2.45, 2.75) is 19.3 Å². The Kier molecular flexibility index (Phi) is 15.4. The molecule has 11 heteroatoms. The van der Waals surface area contributed by atoms with Gasteiger partial charge in [-0.2, -0.15) is 0 Å². The Balaban J connectivity index is 0.000000101. The van der Waals surface area contributed by atoms with E-state index < -0.39 is 0 Å². The molecule has 0 amide bonds. The van der Waals surface area contributed by atoms with Gasteiger partial charge >= 0.3 is 0 Å². The second kappa shape index (κ2) is 27.1. The predicted molar refractivity (Wildman–Crippen MR) is 508 cm³/mol. The van der Waals surface area contributed by atoms with Crippen LogP contribution in [0.4, 0.5) is 0 Å². The Bertz CT molecular complexity index is 8580. The highest BCUT2D eigenvalue weighted by Gasteiger charge is 2.36. The monoisotopic (exact) mass is 1580 g/mol. The average molecular weight is 1580 g/mol. The summed E-state index contributed by atoms with van der Waals surface area (Å²) in [6, 6.07) is 135. The smallest absolute Gasteiger partial charge is 0.162 e. The quantitative estimate of drug-likeness (QED) is 0.163. The van der Waals surface area contributed by atoms with Gasteiger partial charge in [0.2, 0.25) is 0 Å². The third kappa shape index (κ3) is 10.9. The number of benzene rings is 18. The van der Waals surface area contributed by atoms with Crippen molar-refractivity contribution in [1.29, 1.82) is 0 Å². The van der Waals surface area contributed by atoms with Gasteiger partial charge in [0.1, 0.15) is 28.6 Å². The van der Waals surface area contributed by atoms with Crippen LogP contribution >= 0.6 is 11.3 Å². The number of fused-ring (bicyclic) bond motifs is 24. The topological polar surface area (TPSA) is 105 Å². The van der Waals surface area contributed by atoms with Crippen LogP contribution in [0.5, 0.6) is 0 Å². The Hall–Kier alpha value is -15.8. The Morgan fingerprint density at radius 1 is 0.230 bits per heavy atom. The van der Waals surface area contributed by atoms with Crippen molar-refractivity contribution in [2.24, 2.45) is 0 Å². The van der Waals surface area contributed by atoms with Crippen molar-refractivity contribution < 1.29 is 4.42 Å². The minimum Gasteiger partial charge on any atom is -0.456 e. The number of hydrogen-bond acceptors (Lipinski definition) is 8. The van der Waals surface area contributed by atoms with E-state index in [0.717, 1.165) is 134 Å². The molecule has 0 atom stereocenters. The molecule has 0 spiro atoms. The maximum atomic E-state index is 6.08. The Labute approximate surface area is 702 Å². The number of nitrogens with zero attached hydrogens (tertiary/aromatic N) is 9. The van der Waals surface area contributed by atoms with E-state index in [1.807, 2.05) is 41.7 Å². The fourth-order valence-electron chi connectivity index (χ4n) is 19.3. The summed E-state index contributed by atoms with van der Waals surface area (Å²) in [7, 11) is 0. The highest BCUT2D eigenvalue weighted by molar-refractivity contribution is 7.25. The van der Waals surface area contributed by atoms with E-state index in [4.69, 9.17) is 34.3 Å². The van der Waals surface area contributed by atoms with Crippen LogP contribution < -0.4 is 0 Å². The van der Waals surface area contributed by atoms with E-state index in [1.54, 1.807) is 0 Å². The second-order valence-corrected chi connectivity index (χ2v) is 33.5. The second-order valence-electron chi connectivity index (χ2n) is 32.4. The molecule has 122 heavy (non-hydrogen) atoms. The van der Waals surface area contributed by atoms with E-state index >= 15 is 0 Å². The van der Waals surface area contributed by atoms with Gasteiger partial charge in [0, 0.05) is 102 Å². The number of aromatic nitrogens is 9. The molecule has 0 radical (unpaired) electrons. The molecule has 10 nitrogen and oxygen atoms in total. The summed E-state index contributed by atoms with van der Waals surface area (Å²) in [6.45, 7) is 4.63. The zero-order chi connectivity index (χ0) is 80.4. The molecule has 1 aliphatic rings. The molecule has 0 unspecified atom stereocenters. The van der Waals surface area contributed by atoms with Gasteiger partial charge in [-0.15, -0.1) is 11.3 Å². The van der Waals surface area contributed by atoms with Crippen molar-refractivity contribution in [2.75, 3.05) is 0 Å². The minimum atomic E-state index is -0.0361. The number of furan rings is 1. The van der Waals surface area contributed by atoms with Crippen molar-refractivity contribution in [3.63, 3.8) is 0 Å². The lowest BCUT2D eigenvalue weighted by molar-refractivity contribution is 0.660. The first kappa shape index (κ1) is 69.3. The van der Waals surface area contributed by atoms with E-state index in [0.29, 0.717) is 5.82 Å². The fourth-order valence-corrected chi connectivity index (χ4v) is 20.4. The molecule has 570 valence electrons. The van der Waals surface area contributed by atoms with E-state index in [2.05, 4.69) is 379 Å². The van der Waals surface area contributed by atoms with E-state index in [-0.39, 0.29) is 5.41 Å². The summed E-state index contributed by atoms with van der Waals surface area (Å²) in [6.07, 6.45) is 0. The lowest BCUT2D eigenvalue weighted by Crippen LogP contribution is -2.14. The first-order valence-electron chi connectivity index (χ1n) is 41.4. The molecule has 0 fully saturated rings. The fraction of sp³-hybridized carbons (Fsp3) is 0.0270. The van der Waals surface area contributed by atoms with Gasteiger partial charge in [0.25, 0.3) is 0 Å². The van der Waals surface area contributed by atoms with Crippen LogP contribution in [0.3, 0.4) is 0 Å². The molecule has 27 rings (SSSR count). The van der Waals surface area contributed by atoms with Crippen LogP contribution in [-0.4, -0.2) is 43.6 Å². The molecular weight excluding hydrogens is 1510 g/mol. The maximum absolute atomic E-state index is 6.08. The van der Waals surface area contributed by atoms with Gasteiger partial charge in [-0.3, -0.25) is 13.7 Å².